The Bertz CT molecular complexity index is 906. The number of nitrogens with one attached hydrogen (secondary N) is 1. The van der Waals surface area contributed by atoms with Gasteiger partial charge in [-0.15, -0.1) is 10.2 Å². The first-order valence-electron chi connectivity index (χ1n) is 10.4. The van der Waals surface area contributed by atoms with Gasteiger partial charge in [-0.1, -0.05) is 0 Å². The van der Waals surface area contributed by atoms with E-state index in [-0.39, 0.29) is 31.2 Å². The molecule has 1 amide bonds. The third-order valence-corrected chi connectivity index (χ3v) is 5.87. The normalized spacial score (nSPS) is 22.0. The molecule has 2 unspecified atom stereocenters. The summed E-state index contributed by atoms with van der Waals surface area (Å²) in [6, 6.07) is 5.42. The number of likely N-dealkylation sites (tertiary alicyclic amines) is 1. The molecule has 4 rings (SSSR count). The molecule has 31 heavy (non-hydrogen) atoms. The first-order valence-corrected chi connectivity index (χ1v) is 10.4. The molecule has 8 nitrogen and oxygen atoms in total. The number of rotatable bonds is 7. The molecule has 2 atom stereocenters. The third-order valence-electron chi connectivity index (χ3n) is 5.87. The minimum atomic E-state index is -2.91. The van der Waals surface area contributed by atoms with Gasteiger partial charge >= 0.3 is 0 Å². The van der Waals surface area contributed by atoms with E-state index in [0.717, 1.165) is 0 Å². The molecule has 1 saturated heterocycles. The molecule has 2 aromatic heterocycles. The van der Waals surface area contributed by atoms with E-state index in [1.807, 2.05) is 0 Å². The van der Waals surface area contributed by atoms with Crippen molar-refractivity contribution in [3.8, 4) is 5.88 Å². The van der Waals surface area contributed by atoms with E-state index in [9.17, 15) is 18.8 Å². The van der Waals surface area contributed by atoms with Crippen LogP contribution in [0.1, 0.15) is 37.7 Å². The van der Waals surface area contributed by atoms with Gasteiger partial charge in [0.25, 0.3) is 5.92 Å². The van der Waals surface area contributed by atoms with Crippen LogP contribution in [0.4, 0.5) is 14.6 Å². The van der Waals surface area contributed by atoms with Crippen LogP contribution < -0.4 is 14.8 Å². The van der Waals surface area contributed by atoms with Gasteiger partial charge in [-0.25, -0.2) is 8.78 Å². The van der Waals surface area contributed by atoms with Crippen molar-refractivity contribution in [1.29, 1.82) is 0 Å². The maximum absolute atomic E-state index is 14.6. The molecule has 0 spiro atoms. The SMILES string of the molecule is CC(C(=O)Nc1ccc(OCC2CC2)nn1)N1CCC(F)(F)C(c2cc[n+]([O-])cc2)C1. The number of aromatic nitrogens is 3. The molecule has 1 N–H and O–H groups in total. The van der Waals surface area contributed by atoms with Gasteiger partial charge in [0.05, 0.1) is 18.6 Å². The number of halogens is 2. The summed E-state index contributed by atoms with van der Waals surface area (Å²) in [6.07, 6.45) is 4.39. The average molecular weight is 433 g/mol. The van der Waals surface area contributed by atoms with Crippen LogP contribution in [0.2, 0.25) is 0 Å². The highest BCUT2D eigenvalue weighted by Gasteiger charge is 2.46. The number of nitrogens with zero attached hydrogens (tertiary/aromatic N) is 4. The van der Waals surface area contributed by atoms with E-state index in [1.54, 1.807) is 24.0 Å². The Kier molecular flexibility index (Phi) is 5.99. The predicted octanol–water partition coefficient (Wildman–Crippen LogP) is 2.35. The van der Waals surface area contributed by atoms with Crippen molar-refractivity contribution < 1.29 is 23.0 Å². The fourth-order valence-corrected chi connectivity index (χ4v) is 3.63. The summed E-state index contributed by atoms with van der Waals surface area (Å²) in [5.74, 6) is -3.08. The van der Waals surface area contributed by atoms with Crippen LogP contribution in [0.3, 0.4) is 0 Å². The number of hydrogen-bond donors (Lipinski definition) is 1. The topological polar surface area (TPSA) is 94.3 Å². The molecule has 2 aliphatic rings. The van der Waals surface area contributed by atoms with Crippen molar-refractivity contribution in [3.63, 3.8) is 0 Å². The molecule has 2 fully saturated rings. The number of hydrogen-bond acceptors (Lipinski definition) is 6. The van der Waals surface area contributed by atoms with Crippen LogP contribution >= 0.6 is 0 Å². The maximum Gasteiger partial charge on any atom is 0.257 e. The predicted molar refractivity (Wildman–Crippen MR) is 108 cm³/mol. The lowest BCUT2D eigenvalue weighted by Gasteiger charge is -2.40. The van der Waals surface area contributed by atoms with Gasteiger partial charge in [0.2, 0.25) is 11.8 Å². The van der Waals surface area contributed by atoms with Gasteiger partial charge in [-0.05, 0) is 37.3 Å². The van der Waals surface area contributed by atoms with E-state index in [0.29, 0.717) is 28.7 Å². The maximum atomic E-state index is 14.6. The Hall–Kier alpha value is -2.88. The van der Waals surface area contributed by atoms with Crippen LogP contribution in [-0.2, 0) is 4.79 Å². The first-order chi connectivity index (χ1) is 14.8. The number of pyridine rings is 1. The summed E-state index contributed by atoms with van der Waals surface area (Å²) < 4.78 is 35.2. The minimum Gasteiger partial charge on any atom is -0.619 e. The quantitative estimate of drug-likeness (QED) is 0.532. The van der Waals surface area contributed by atoms with E-state index < -0.39 is 17.9 Å². The fourth-order valence-electron chi connectivity index (χ4n) is 3.63. The van der Waals surface area contributed by atoms with Crippen molar-refractivity contribution in [2.24, 2.45) is 5.92 Å². The smallest absolute Gasteiger partial charge is 0.257 e. The number of anilines is 1. The molecular formula is C21H25F2N5O3. The van der Waals surface area contributed by atoms with Gasteiger partial charge in [0.15, 0.2) is 18.2 Å². The lowest BCUT2D eigenvalue weighted by molar-refractivity contribution is -0.605. The number of amides is 1. The second kappa shape index (κ2) is 8.70. The highest BCUT2D eigenvalue weighted by molar-refractivity contribution is 5.93. The lowest BCUT2D eigenvalue weighted by Crippen LogP contribution is -2.52. The van der Waals surface area contributed by atoms with Crippen molar-refractivity contribution in [1.82, 2.24) is 15.1 Å². The summed E-state index contributed by atoms with van der Waals surface area (Å²) in [6.45, 7) is 2.39. The number of carbonyl (C=O) groups is 1. The number of ether oxygens (including phenoxy) is 1. The second-order valence-corrected chi connectivity index (χ2v) is 8.23. The van der Waals surface area contributed by atoms with Crippen molar-refractivity contribution >= 4 is 11.7 Å². The number of alkyl halides is 2. The zero-order valence-corrected chi connectivity index (χ0v) is 17.2. The fraction of sp³-hybridized carbons (Fsp3) is 0.524. The van der Waals surface area contributed by atoms with E-state index in [2.05, 4.69) is 15.5 Å². The molecule has 10 heteroatoms. The molecule has 1 aliphatic heterocycles. The van der Waals surface area contributed by atoms with Gasteiger partial charge in [0.1, 0.15) is 0 Å². The summed E-state index contributed by atoms with van der Waals surface area (Å²) in [7, 11) is 0. The standard InChI is InChI=1S/C21H25F2N5O3/c1-14(20(29)24-18-4-5-19(26-25-18)31-13-15-2-3-15)27-11-8-21(22,23)17(12-27)16-6-9-28(30)10-7-16/h4-7,9-10,14-15,17H,2-3,8,11-13H2,1H3,(H,24,25,29). The molecule has 0 bridgehead atoms. The van der Waals surface area contributed by atoms with Crippen molar-refractivity contribution in [3.05, 3.63) is 47.4 Å². The zero-order valence-electron chi connectivity index (χ0n) is 17.2. The highest BCUT2D eigenvalue weighted by Crippen LogP contribution is 2.40. The zero-order chi connectivity index (χ0) is 22.0. The molecule has 0 aromatic carbocycles. The average Bonchev–Trinajstić information content (AvgIpc) is 3.58. The van der Waals surface area contributed by atoms with Crippen LogP contribution in [0.15, 0.2) is 36.7 Å². The molecule has 166 valence electrons. The lowest BCUT2D eigenvalue weighted by atomic mass is 9.87. The van der Waals surface area contributed by atoms with Crippen LogP contribution in [0.5, 0.6) is 5.88 Å². The van der Waals surface area contributed by atoms with Gasteiger partial charge < -0.3 is 15.3 Å². The Balaban J connectivity index is 1.36. The molecule has 0 radical (unpaired) electrons. The third kappa shape index (κ3) is 5.25. The number of carbonyl (C=O) groups excluding carboxylic acids is 1. The molecule has 3 heterocycles. The van der Waals surface area contributed by atoms with Crippen molar-refractivity contribution in [2.45, 2.75) is 44.1 Å². The van der Waals surface area contributed by atoms with Gasteiger partial charge in [-0.3, -0.25) is 9.69 Å². The van der Waals surface area contributed by atoms with E-state index in [1.165, 1.54) is 37.4 Å². The monoisotopic (exact) mass is 433 g/mol. The largest absolute Gasteiger partial charge is 0.619 e. The second-order valence-electron chi connectivity index (χ2n) is 8.23. The van der Waals surface area contributed by atoms with Crippen LogP contribution in [-0.4, -0.2) is 52.7 Å². The van der Waals surface area contributed by atoms with Gasteiger partial charge in [-0.2, -0.15) is 4.73 Å². The Morgan fingerprint density at radius 3 is 2.71 bits per heavy atom. The minimum absolute atomic E-state index is 0.00405. The highest BCUT2D eigenvalue weighted by atomic mass is 19.3. The molecule has 2 aromatic rings. The Morgan fingerprint density at radius 2 is 2.06 bits per heavy atom. The summed E-state index contributed by atoms with van der Waals surface area (Å²) in [4.78, 5) is 14.4. The Morgan fingerprint density at radius 1 is 1.32 bits per heavy atom. The van der Waals surface area contributed by atoms with E-state index >= 15 is 0 Å². The molecule has 1 saturated carbocycles. The van der Waals surface area contributed by atoms with Crippen LogP contribution in [0, 0.1) is 11.1 Å². The van der Waals surface area contributed by atoms with Crippen LogP contribution in [0.25, 0.3) is 0 Å². The first kappa shape index (κ1) is 21.4. The summed E-state index contributed by atoms with van der Waals surface area (Å²) in [5, 5.41) is 21.8. The van der Waals surface area contributed by atoms with Crippen molar-refractivity contribution in [2.75, 3.05) is 25.0 Å². The van der Waals surface area contributed by atoms with E-state index in [4.69, 9.17) is 4.74 Å². The van der Waals surface area contributed by atoms with Gasteiger partial charge in [0, 0.05) is 37.7 Å². The number of piperidine rings is 1. The Labute approximate surface area is 178 Å². The molecule has 1 aliphatic carbocycles. The summed E-state index contributed by atoms with van der Waals surface area (Å²) >= 11 is 0. The summed E-state index contributed by atoms with van der Waals surface area (Å²) in [5.41, 5.74) is 0.377. The molecular weight excluding hydrogens is 408 g/mol.